The number of aromatic nitrogens is 2. The van der Waals surface area contributed by atoms with Gasteiger partial charge in [-0.3, -0.25) is 9.78 Å². The maximum Gasteiger partial charge on any atom is 0.416 e. The predicted molar refractivity (Wildman–Crippen MR) is 168 cm³/mol. The monoisotopic (exact) mass is 652 g/mol. The number of hydrogen-bond donors (Lipinski definition) is 1. The summed E-state index contributed by atoms with van der Waals surface area (Å²) < 4.78 is 53.2. The van der Waals surface area contributed by atoms with Gasteiger partial charge in [0.1, 0.15) is 11.7 Å². The summed E-state index contributed by atoms with van der Waals surface area (Å²) in [5.41, 5.74) is 0.0154. The minimum absolute atomic E-state index is 0.0820. The number of carbonyl (C=O) groups is 2. The number of nitrogens with zero attached hydrogens (tertiary/aromatic N) is 5. The molecule has 2 aromatic heterocycles. The third-order valence-electron chi connectivity index (χ3n) is 8.90. The Kier molecular flexibility index (Phi) is 9.28. The van der Waals surface area contributed by atoms with Crippen molar-refractivity contribution in [2.75, 3.05) is 38.2 Å². The number of amides is 2. The molecule has 10 nitrogen and oxygen atoms in total. The van der Waals surface area contributed by atoms with Gasteiger partial charge in [-0.25, -0.2) is 4.79 Å². The van der Waals surface area contributed by atoms with Crippen molar-refractivity contribution in [2.45, 2.75) is 63.0 Å². The van der Waals surface area contributed by atoms with E-state index in [0.717, 1.165) is 23.5 Å². The molecule has 2 aliphatic rings. The average molecular weight is 653 g/mol. The van der Waals surface area contributed by atoms with E-state index < -0.39 is 41.0 Å². The number of pyridine rings is 1. The number of hydrogen-bond acceptors (Lipinski definition) is 7. The van der Waals surface area contributed by atoms with Gasteiger partial charge in [-0.05, 0) is 75.6 Å². The number of halogens is 3. The van der Waals surface area contributed by atoms with Gasteiger partial charge in [-0.1, -0.05) is 6.07 Å². The van der Waals surface area contributed by atoms with Gasteiger partial charge >= 0.3 is 12.3 Å². The summed E-state index contributed by atoms with van der Waals surface area (Å²) >= 11 is 0. The van der Waals surface area contributed by atoms with E-state index in [1.54, 1.807) is 27.0 Å². The Bertz CT molecular complexity index is 1650. The van der Waals surface area contributed by atoms with Crippen LogP contribution in [0.2, 0.25) is 0 Å². The van der Waals surface area contributed by atoms with Gasteiger partial charge in [-0.2, -0.15) is 18.4 Å². The summed E-state index contributed by atoms with van der Waals surface area (Å²) in [6, 6.07) is 12.2. The molecule has 0 unspecified atom stereocenters. The number of nitrogens with one attached hydrogen (secondary N) is 1. The summed E-state index contributed by atoms with van der Waals surface area (Å²) in [5.74, 6) is -0.267. The zero-order chi connectivity index (χ0) is 34.1. The highest BCUT2D eigenvalue weighted by Gasteiger charge is 2.47. The Balaban J connectivity index is 1.42. The van der Waals surface area contributed by atoms with Crippen molar-refractivity contribution < 1.29 is 32.2 Å². The standard InChI is InChI=1S/C34H39F3N6O4/c1-32(2,3)47-31(45)43-20-26(29(21-43)46-5)40-30(44)33(24-8-10-25(39-19-24)28-7-6-14-41(28)4)12-15-42(16-13-33)27-11-9-23(34(35,36)37)17-22(27)18-38/h6-11,14,17,19,26,29H,12-13,15-16,20-21H2,1-5H3,(H,40,44)/t26-,29+/m1/s1. The van der Waals surface area contributed by atoms with Crippen molar-refractivity contribution in [1.82, 2.24) is 19.8 Å². The number of methoxy groups -OCH3 is 1. The first-order valence-corrected chi connectivity index (χ1v) is 15.4. The fourth-order valence-corrected chi connectivity index (χ4v) is 6.34. The fourth-order valence-electron chi connectivity index (χ4n) is 6.34. The van der Waals surface area contributed by atoms with Crippen LogP contribution in [0.4, 0.5) is 23.7 Å². The highest BCUT2D eigenvalue weighted by molar-refractivity contribution is 5.89. The van der Waals surface area contributed by atoms with Crippen LogP contribution in [-0.4, -0.2) is 77.5 Å². The van der Waals surface area contributed by atoms with Crippen molar-refractivity contribution in [3.63, 3.8) is 0 Å². The van der Waals surface area contributed by atoms with Gasteiger partial charge in [0.25, 0.3) is 0 Å². The topological polar surface area (TPSA) is 113 Å². The smallest absolute Gasteiger partial charge is 0.416 e. The average Bonchev–Trinajstić information content (AvgIpc) is 3.65. The van der Waals surface area contributed by atoms with E-state index in [1.165, 1.54) is 18.1 Å². The number of carbonyl (C=O) groups excluding carboxylic acids is 2. The molecule has 1 aromatic carbocycles. The first-order chi connectivity index (χ1) is 22.1. The molecule has 0 radical (unpaired) electrons. The van der Waals surface area contributed by atoms with Crippen LogP contribution in [0.3, 0.4) is 0 Å². The molecular weight excluding hydrogens is 613 g/mol. The molecule has 0 spiro atoms. The maximum absolute atomic E-state index is 14.4. The van der Waals surface area contributed by atoms with Crippen LogP contribution < -0.4 is 10.2 Å². The third-order valence-corrected chi connectivity index (χ3v) is 8.90. The number of likely N-dealkylation sites (tertiary alicyclic amines) is 1. The second-order valence-electron chi connectivity index (χ2n) is 13.1. The van der Waals surface area contributed by atoms with E-state index in [0.29, 0.717) is 37.2 Å². The molecule has 2 aliphatic heterocycles. The molecule has 47 heavy (non-hydrogen) atoms. The number of piperidine rings is 1. The van der Waals surface area contributed by atoms with E-state index in [2.05, 4.69) is 5.32 Å². The van der Waals surface area contributed by atoms with Gasteiger partial charge in [0.15, 0.2) is 0 Å². The Morgan fingerprint density at radius 3 is 2.36 bits per heavy atom. The lowest BCUT2D eigenvalue weighted by Gasteiger charge is -2.42. The van der Waals surface area contributed by atoms with Crippen molar-refractivity contribution in [1.29, 1.82) is 5.26 Å². The predicted octanol–water partition coefficient (Wildman–Crippen LogP) is 5.27. The number of ether oxygens (including phenoxy) is 2. The normalized spacial score (nSPS) is 19.7. The lowest BCUT2D eigenvalue weighted by atomic mass is 9.72. The zero-order valence-corrected chi connectivity index (χ0v) is 27.1. The zero-order valence-electron chi connectivity index (χ0n) is 27.1. The van der Waals surface area contributed by atoms with E-state index in [-0.39, 0.29) is 24.6 Å². The van der Waals surface area contributed by atoms with E-state index in [4.69, 9.17) is 14.5 Å². The van der Waals surface area contributed by atoms with E-state index in [9.17, 15) is 28.0 Å². The lowest BCUT2D eigenvalue weighted by Crippen LogP contribution is -2.56. The second kappa shape index (κ2) is 12.9. The first-order valence-electron chi connectivity index (χ1n) is 15.4. The molecule has 5 rings (SSSR count). The molecular formula is C34H39F3N6O4. The minimum atomic E-state index is -4.57. The molecule has 2 atom stereocenters. The number of anilines is 1. The van der Waals surface area contributed by atoms with Crippen molar-refractivity contribution in [2.24, 2.45) is 7.05 Å². The number of nitriles is 1. The third kappa shape index (κ3) is 7.07. The van der Waals surface area contributed by atoms with Crippen LogP contribution in [0.25, 0.3) is 11.4 Å². The Hall–Kier alpha value is -4.57. The molecule has 13 heteroatoms. The van der Waals surface area contributed by atoms with Gasteiger partial charge < -0.3 is 29.2 Å². The Labute approximate surface area is 272 Å². The van der Waals surface area contributed by atoms with Crippen LogP contribution in [0.5, 0.6) is 0 Å². The van der Waals surface area contributed by atoms with Gasteiger partial charge in [0, 0.05) is 46.2 Å². The molecule has 2 fully saturated rings. The lowest BCUT2D eigenvalue weighted by molar-refractivity contribution is -0.137. The van der Waals surface area contributed by atoms with E-state index in [1.807, 2.05) is 53.0 Å². The second-order valence-corrected chi connectivity index (χ2v) is 13.1. The summed E-state index contributed by atoms with van der Waals surface area (Å²) in [6.07, 6.45) is -1.31. The van der Waals surface area contributed by atoms with Gasteiger partial charge in [0.05, 0.1) is 52.3 Å². The molecule has 2 saturated heterocycles. The number of benzene rings is 1. The number of alkyl halides is 3. The number of aryl methyl sites for hydroxylation is 1. The largest absolute Gasteiger partial charge is 0.444 e. The summed E-state index contributed by atoms with van der Waals surface area (Å²) in [5, 5.41) is 12.8. The first kappa shape index (κ1) is 33.8. The molecule has 0 bridgehead atoms. The molecule has 0 saturated carbocycles. The molecule has 3 aromatic rings. The highest BCUT2D eigenvalue weighted by atomic mass is 19.4. The minimum Gasteiger partial charge on any atom is -0.444 e. The van der Waals surface area contributed by atoms with Crippen LogP contribution in [0.15, 0.2) is 54.9 Å². The fraction of sp³-hybridized carbons (Fsp3) is 0.471. The maximum atomic E-state index is 14.4. The summed E-state index contributed by atoms with van der Waals surface area (Å²) in [6.45, 7) is 6.39. The summed E-state index contributed by atoms with van der Waals surface area (Å²) in [4.78, 5) is 35.3. The van der Waals surface area contributed by atoms with E-state index >= 15 is 0 Å². The van der Waals surface area contributed by atoms with Crippen molar-refractivity contribution >= 4 is 17.7 Å². The molecule has 0 aliphatic carbocycles. The van der Waals surface area contributed by atoms with Gasteiger partial charge in [0.2, 0.25) is 5.91 Å². The van der Waals surface area contributed by atoms with Crippen LogP contribution in [-0.2, 0) is 32.9 Å². The summed E-state index contributed by atoms with van der Waals surface area (Å²) in [7, 11) is 3.44. The molecule has 2 amide bonds. The molecule has 4 heterocycles. The quantitative estimate of drug-likeness (QED) is 0.386. The van der Waals surface area contributed by atoms with Gasteiger partial charge in [-0.15, -0.1) is 0 Å². The Morgan fingerprint density at radius 1 is 1.09 bits per heavy atom. The van der Waals surface area contributed by atoms with Crippen LogP contribution in [0, 0.1) is 11.3 Å². The number of rotatable bonds is 6. The van der Waals surface area contributed by atoms with Crippen LogP contribution >= 0.6 is 0 Å². The molecule has 1 N–H and O–H groups in total. The molecule has 250 valence electrons. The highest BCUT2D eigenvalue weighted by Crippen LogP contribution is 2.40. The Morgan fingerprint density at radius 2 is 1.81 bits per heavy atom. The van der Waals surface area contributed by atoms with Crippen molar-refractivity contribution in [3.8, 4) is 17.5 Å². The van der Waals surface area contributed by atoms with Crippen molar-refractivity contribution in [3.05, 3.63) is 71.5 Å². The SMILES string of the molecule is CO[C@H]1CN(C(=O)OC(C)(C)C)C[C@H]1NC(=O)C1(c2ccc(-c3cccn3C)nc2)CCN(c2ccc(C(F)(F)F)cc2C#N)CC1. The van der Waals surface area contributed by atoms with Crippen LogP contribution in [0.1, 0.15) is 50.3 Å².